The van der Waals surface area contributed by atoms with E-state index in [0.29, 0.717) is 24.0 Å². The Morgan fingerprint density at radius 3 is 2.83 bits per heavy atom. The topological polar surface area (TPSA) is 90.2 Å². The molecule has 0 aliphatic carbocycles. The monoisotopic (exact) mass is 404 g/mol. The van der Waals surface area contributed by atoms with Gasteiger partial charge in [-0.25, -0.2) is 14.5 Å². The fourth-order valence-corrected chi connectivity index (χ4v) is 2.81. The van der Waals surface area contributed by atoms with Crippen LogP contribution in [0.25, 0.3) is 17.1 Å². The lowest BCUT2D eigenvalue weighted by Gasteiger charge is -2.09. The second-order valence-electron chi connectivity index (χ2n) is 6.21. The van der Waals surface area contributed by atoms with Crippen LogP contribution in [0, 0.1) is 0 Å². The Bertz CT molecular complexity index is 1120. The number of imidazole rings is 1. The number of alkyl halides is 3. The molecule has 11 heteroatoms. The van der Waals surface area contributed by atoms with Crippen LogP contribution in [0.2, 0.25) is 0 Å². The van der Waals surface area contributed by atoms with E-state index in [1.54, 1.807) is 24.8 Å². The highest BCUT2D eigenvalue weighted by atomic mass is 19.4. The summed E-state index contributed by atoms with van der Waals surface area (Å²) in [6.45, 7) is 0.986. The van der Waals surface area contributed by atoms with Gasteiger partial charge in [0.15, 0.2) is 22.8 Å². The Hall–Kier alpha value is -3.63. The molecule has 0 aliphatic rings. The van der Waals surface area contributed by atoms with Crippen LogP contribution in [0.3, 0.4) is 0 Å². The van der Waals surface area contributed by atoms with Gasteiger partial charge >= 0.3 is 6.18 Å². The Kier molecular flexibility index (Phi) is 4.79. The summed E-state index contributed by atoms with van der Waals surface area (Å²) in [7, 11) is 0. The Balaban J connectivity index is 1.56. The van der Waals surface area contributed by atoms with Gasteiger partial charge < -0.3 is 14.3 Å². The van der Waals surface area contributed by atoms with Crippen LogP contribution in [-0.2, 0) is 12.7 Å². The van der Waals surface area contributed by atoms with Gasteiger partial charge in [-0.15, -0.1) is 0 Å². The molecule has 0 radical (unpaired) electrons. The van der Waals surface area contributed by atoms with Crippen LogP contribution in [0.1, 0.15) is 22.6 Å². The molecule has 4 rings (SSSR count). The summed E-state index contributed by atoms with van der Waals surface area (Å²) < 4.78 is 48.1. The lowest BCUT2D eigenvalue weighted by atomic mass is 10.2. The number of amides is 1. The van der Waals surface area contributed by atoms with Gasteiger partial charge in [-0.05, 0) is 24.6 Å². The van der Waals surface area contributed by atoms with E-state index in [0.717, 1.165) is 6.07 Å². The van der Waals surface area contributed by atoms with Gasteiger partial charge in [-0.3, -0.25) is 4.79 Å². The van der Waals surface area contributed by atoms with Crippen LogP contribution < -0.4 is 5.32 Å². The van der Waals surface area contributed by atoms with E-state index in [9.17, 15) is 18.0 Å². The Labute approximate surface area is 162 Å². The zero-order chi connectivity index (χ0) is 20.4. The first-order valence-electron chi connectivity index (χ1n) is 8.67. The molecule has 1 amide bonds. The first-order chi connectivity index (χ1) is 13.9. The second-order valence-corrected chi connectivity index (χ2v) is 6.21. The van der Waals surface area contributed by atoms with Crippen LogP contribution in [-0.4, -0.2) is 36.6 Å². The fraction of sp³-hybridized carbons (Fsp3) is 0.222. The molecule has 0 saturated heterocycles. The number of rotatable bonds is 6. The number of fused-ring (bicyclic) bond motifs is 1. The molecular formula is C18H15F3N6O2. The highest BCUT2D eigenvalue weighted by Gasteiger charge is 2.36. The molecule has 150 valence electrons. The molecule has 0 spiro atoms. The summed E-state index contributed by atoms with van der Waals surface area (Å²) >= 11 is 0. The van der Waals surface area contributed by atoms with Crippen molar-refractivity contribution in [3.63, 3.8) is 0 Å². The molecule has 0 aromatic carbocycles. The third kappa shape index (κ3) is 3.98. The van der Waals surface area contributed by atoms with Crippen molar-refractivity contribution in [2.75, 3.05) is 6.54 Å². The van der Waals surface area contributed by atoms with Gasteiger partial charge in [-0.2, -0.15) is 18.3 Å². The average Bonchev–Trinajstić information content (AvgIpc) is 3.44. The number of hydrogen-bond acceptors (Lipinski definition) is 5. The van der Waals surface area contributed by atoms with Gasteiger partial charge in [-0.1, -0.05) is 0 Å². The highest BCUT2D eigenvalue weighted by molar-refractivity contribution is 5.93. The lowest BCUT2D eigenvalue weighted by molar-refractivity contribution is -0.142. The third-order valence-corrected chi connectivity index (χ3v) is 4.16. The van der Waals surface area contributed by atoms with Gasteiger partial charge in [0, 0.05) is 31.5 Å². The van der Waals surface area contributed by atoms with E-state index in [2.05, 4.69) is 20.4 Å². The van der Waals surface area contributed by atoms with E-state index < -0.39 is 17.8 Å². The van der Waals surface area contributed by atoms with Crippen molar-refractivity contribution < 1.29 is 22.4 Å². The zero-order valence-electron chi connectivity index (χ0n) is 14.9. The van der Waals surface area contributed by atoms with Crippen molar-refractivity contribution in [2.24, 2.45) is 0 Å². The first-order valence-corrected chi connectivity index (χ1v) is 8.67. The molecule has 0 atom stereocenters. The number of carbonyl (C=O) groups excluding carboxylic acids is 1. The minimum atomic E-state index is -4.69. The van der Waals surface area contributed by atoms with Crippen LogP contribution in [0.15, 0.2) is 53.7 Å². The van der Waals surface area contributed by atoms with Gasteiger partial charge in [0.1, 0.15) is 5.69 Å². The molecule has 29 heavy (non-hydrogen) atoms. The number of nitrogens with zero attached hydrogens (tertiary/aromatic N) is 5. The standard InChI is InChI=1S/C18H15F3N6O2/c19-18(20,21)15-9-12(14-3-1-8-29-14)24-16-10-13(25-27(15)16)17(28)23-4-2-6-26-7-5-22-11-26/h1,3,5,7-11H,2,4,6H2,(H,23,28). The minimum Gasteiger partial charge on any atom is -0.463 e. The maximum atomic E-state index is 13.5. The third-order valence-electron chi connectivity index (χ3n) is 4.16. The molecule has 4 aromatic heterocycles. The van der Waals surface area contributed by atoms with Gasteiger partial charge in [0.05, 0.1) is 12.6 Å². The summed E-state index contributed by atoms with van der Waals surface area (Å²) in [4.78, 5) is 20.4. The average molecular weight is 404 g/mol. The predicted octanol–water partition coefficient (Wildman–Crippen LogP) is 3.02. The lowest BCUT2D eigenvalue weighted by Crippen LogP contribution is -2.25. The zero-order valence-corrected chi connectivity index (χ0v) is 14.9. The molecule has 1 N–H and O–H groups in total. The second kappa shape index (κ2) is 7.41. The number of halogens is 3. The van der Waals surface area contributed by atoms with E-state index in [-0.39, 0.29) is 22.8 Å². The number of hydrogen-bond donors (Lipinski definition) is 1. The van der Waals surface area contributed by atoms with E-state index in [1.807, 2.05) is 4.57 Å². The Morgan fingerprint density at radius 1 is 1.28 bits per heavy atom. The molecule has 0 saturated carbocycles. The summed E-state index contributed by atoms with van der Waals surface area (Å²) in [6, 6.07) is 5.11. The quantitative estimate of drug-likeness (QED) is 0.499. The number of furan rings is 1. The van der Waals surface area contributed by atoms with Crippen molar-refractivity contribution in [1.29, 1.82) is 0 Å². The molecule has 0 fully saturated rings. The number of carbonyl (C=O) groups is 1. The predicted molar refractivity (Wildman–Crippen MR) is 94.9 cm³/mol. The highest BCUT2D eigenvalue weighted by Crippen LogP contribution is 2.32. The molecule has 4 aromatic rings. The molecule has 4 heterocycles. The summed E-state index contributed by atoms with van der Waals surface area (Å²) in [5, 5.41) is 6.45. The number of aromatic nitrogens is 5. The molecule has 0 unspecified atom stereocenters. The fourth-order valence-electron chi connectivity index (χ4n) is 2.81. The van der Waals surface area contributed by atoms with E-state index in [4.69, 9.17) is 4.42 Å². The SMILES string of the molecule is O=C(NCCCn1ccnc1)c1cc2nc(-c3ccco3)cc(C(F)(F)F)n2n1. The van der Waals surface area contributed by atoms with Crippen molar-refractivity contribution in [3.05, 3.63) is 60.6 Å². The van der Waals surface area contributed by atoms with Crippen molar-refractivity contribution >= 4 is 11.6 Å². The van der Waals surface area contributed by atoms with E-state index in [1.165, 1.54) is 18.4 Å². The van der Waals surface area contributed by atoms with Gasteiger partial charge in [0.2, 0.25) is 0 Å². The number of aryl methyl sites for hydroxylation is 1. The maximum Gasteiger partial charge on any atom is 0.433 e. The molecule has 0 aliphatic heterocycles. The summed E-state index contributed by atoms with van der Waals surface area (Å²) in [5.74, 6) is -0.390. The largest absolute Gasteiger partial charge is 0.463 e. The van der Waals surface area contributed by atoms with Crippen molar-refractivity contribution in [3.8, 4) is 11.5 Å². The summed E-state index contributed by atoms with van der Waals surface area (Å²) in [6.07, 6.45) is 2.39. The number of nitrogens with one attached hydrogen (secondary N) is 1. The normalized spacial score (nSPS) is 11.8. The Morgan fingerprint density at radius 2 is 2.14 bits per heavy atom. The minimum absolute atomic E-state index is 0.00187. The van der Waals surface area contributed by atoms with Crippen molar-refractivity contribution in [1.82, 2.24) is 29.5 Å². The van der Waals surface area contributed by atoms with Crippen molar-refractivity contribution in [2.45, 2.75) is 19.1 Å². The van der Waals surface area contributed by atoms with Crippen LogP contribution >= 0.6 is 0 Å². The molecule has 8 nitrogen and oxygen atoms in total. The van der Waals surface area contributed by atoms with Crippen LogP contribution in [0.5, 0.6) is 0 Å². The summed E-state index contributed by atoms with van der Waals surface area (Å²) in [5.41, 5.74) is -1.30. The smallest absolute Gasteiger partial charge is 0.433 e. The molecule has 0 bridgehead atoms. The van der Waals surface area contributed by atoms with Gasteiger partial charge in [0.25, 0.3) is 5.91 Å². The maximum absolute atomic E-state index is 13.5. The van der Waals surface area contributed by atoms with Crippen LogP contribution in [0.4, 0.5) is 13.2 Å². The first kappa shape index (κ1) is 18.7. The van der Waals surface area contributed by atoms with E-state index >= 15 is 0 Å². The molecular weight excluding hydrogens is 389 g/mol.